The van der Waals surface area contributed by atoms with Crippen molar-refractivity contribution in [1.29, 1.82) is 0 Å². The van der Waals surface area contributed by atoms with Gasteiger partial charge in [0.05, 0.1) is 34.5 Å². The summed E-state index contributed by atoms with van der Waals surface area (Å²) in [5.41, 5.74) is 3.73. The maximum atomic E-state index is 11.9. The Morgan fingerprint density at radius 1 is 1.28 bits per heavy atom. The third-order valence-electron chi connectivity index (χ3n) is 3.11. The van der Waals surface area contributed by atoms with Crippen LogP contribution in [-0.4, -0.2) is 30.9 Å². The third-order valence-corrected chi connectivity index (χ3v) is 5.17. The number of hydrazone groups is 1. The zero-order valence-electron chi connectivity index (χ0n) is 13.0. The van der Waals surface area contributed by atoms with Gasteiger partial charge in [0.1, 0.15) is 11.5 Å². The molecular weight excluding hydrogens is 522 g/mol. The summed E-state index contributed by atoms with van der Waals surface area (Å²) in [6, 6.07) is 8.99. The van der Waals surface area contributed by atoms with Gasteiger partial charge in [0.2, 0.25) is 0 Å². The average Bonchev–Trinajstić information content (AvgIpc) is 2.61. The van der Waals surface area contributed by atoms with Crippen molar-refractivity contribution in [3.8, 4) is 11.5 Å². The number of nitrogens with one attached hydrogen (secondary N) is 2. The lowest BCUT2D eigenvalue weighted by molar-refractivity contribution is -0.119. The van der Waals surface area contributed by atoms with E-state index in [1.54, 1.807) is 19.2 Å². The van der Waals surface area contributed by atoms with Gasteiger partial charge in [-0.1, -0.05) is 28.1 Å². The van der Waals surface area contributed by atoms with Crippen LogP contribution < -0.4 is 15.5 Å². The molecule has 0 radical (unpaired) electrons. The molecule has 1 amide bonds. The molecule has 132 valence electrons. The number of amides is 1. The molecule has 3 N–H and O–H groups in total. The smallest absolute Gasteiger partial charge is 0.259 e. The third kappa shape index (κ3) is 5.20. The molecule has 0 heterocycles. The van der Waals surface area contributed by atoms with E-state index < -0.39 is 0 Å². The maximum absolute atomic E-state index is 11.9. The Labute approximate surface area is 170 Å². The predicted octanol–water partition coefficient (Wildman–Crippen LogP) is 4.25. The summed E-state index contributed by atoms with van der Waals surface area (Å²) < 4.78 is 6.90. The van der Waals surface area contributed by atoms with E-state index in [1.165, 1.54) is 6.21 Å². The highest BCUT2D eigenvalue weighted by molar-refractivity contribution is 9.11. The number of carbonyl (C=O) groups is 1. The maximum Gasteiger partial charge on any atom is 0.259 e. The molecule has 0 aliphatic rings. The number of phenols is 1. The van der Waals surface area contributed by atoms with E-state index in [0.29, 0.717) is 30.4 Å². The number of methoxy groups -OCH3 is 1. The lowest BCUT2D eigenvalue weighted by Gasteiger charge is -2.10. The van der Waals surface area contributed by atoms with Crippen LogP contribution in [0.25, 0.3) is 0 Å². The van der Waals surface area contributed by atoms with E-state index >= 15 is 0 Å². The second-order valence-corrected chi connectivity index (χ2v) is 7.27. The van der Waals surface area contributed by atoms with Gasteiger partial charge in [-0.25, -0.2) is 5.43 Å². The van der Waals surface area contributed by atoms with E-state index in [2.05, 4.69) is 63.6 Å². The highest BCUT2D eigenvalue weighted by Gasteiger charge is 2.12. The molecule has 0 unspecified atom stereocenters. The first kappa shape index (κ1) is 19.7. The molecule has 2 rings (SSSR count). The van der Waals surface area contributed by atoms with Crippen molar-refractivity contribution in [1.82, 2.24) is 5.43 Å². The van der Waals surface area contributed by atoms with Crippen molar-refractivity contribution in [3.05, 3.63) is 49.3 Å². The van der Waals surface area contributed by atoms with Gasteiger partial charge >= 0.3 is 0 Å². The predicted molar refractivity (Wildman–Crippen MR) is 108 cm³/mol. The molecule has 6 nitrogen and oxygen atoms in total. The summed E-state index contributed by atoms with van der Waals surface area (Å²) in [4.78, 5) is 11.9. The lowest BCUT2D eigenvalue weighted by Crippen LogP contribution is -2.26. The molecular formula is C16H14Br3N3O3. The molecule has 0 bridgehead atoms. The van der Waals surface area contributed by atoms with Crippen molar-refractivity contribution in [2.75, 3.05) is 19.0 Å². The number of phenolic OH excluding ortho intramolecular Hbond substituents is 1. The minimum atomic E-state index is -0.323. The number of hydrogen-bond acceptors (Lipinski definition) is 5. The minimum absolute atomic E-state index is 0.0334. The molecule has 2 aromatic carbocycles. The van der Waals surface area contributed by atoms with Crippen LogP contribution in [0.3, 0.4) is 0 Å². The number of para-hydroxylation sites is 2. The van der Waals surface area contributed by atoms with Crippen LogP contribution in [0.4, 0.5) is 5.69 Å². The largest absolute Gasteiger partial charge is 0.506 e. The Morgan fingerprint density at radius 2 is 2.00 bits per heavy atom. The first-order valence-electron chi connectivity index (χ1n) is 6.99. The van der Waals surface area contributed by atoms with Gasteiger partial charge < -0.3 is 15.2 Å². The van der Waals surface area contributed by atoms with E-state index in [-0.39, 0.29) is 18.2 Å². The molecule has 25 heavy (non-hydrogen) atoms. The second kappa shape index (κ2) is 9.21. The van der Waals surface area contributed by atoms with Crippen LogP contribution in [0.5, 0.6) is 11.5 Å². The van der Waals surface area contributed by atoms with Gasteiger partial charge in [0.15, 0.2) is 0 Å². The normalized spacial score (nSPS) is 10.7. The fourth-order valence-electron chi connectivity index (χ4n) is 1.89. The van der Waals surface area contributed by atoms with E-state index in [4.69, 9.17) is 4.74 Å². The van der Waals surface area contributed by atoms with Crippen LogP contribution in [0, 0.1) is 0 Å². The molecule has 0 spiro atoms. The van der Waals surface area contributed by atoms with Gasteiger partial charge in [-0.3, -0.25) is 4.79 Å². The summed E-state index contributed by atoms with van der Waals surface area (Å²) in [6.45, 7) is 0.0334. The van der Waals surface area contributed by atoms with Crippen molar-refractivity contribution >= 4 is 65.6 Å². The highest BCUT2D eigenvalue weighted by Crippen LogP contribution is 2.38. The minimum Gasteiger partial charge on any atom is -0.506 e. The number of halogens is 3. The molecule has 0 aromatic heterocycles. The van der Waals surface area contributed by atoms with Gasteiger partial charge in [-0.2, -0.15) is 5.10 Å². The summed E-state index contributed by atoms with van der Waals surface area (Å²) in [7, 11) is 1.56. The zero-order chi connectivity index (χ0) is 18.4. The second-order valence-electron chi connectivity index (χ2n) is 4.76. The van der Waals surface area contributed by atoms with Crippen LogP contribution in [0.2, 0.25) is 0 Å². The van der Waals surface area contributed by atoms with E-state index in [9.17, 15) is 9.90 Å². The Hall–Kier alpha value is -1.58. The number of anilines is 1. The number of benzene rings is 2. The number of carbonyl (C=O) groups excluding carboxylic acids is 1. The fraction of sp³-hybridized carbons (Fsp3) is 0.125. The summed E-state index contributed by atoms with van der Waals surface area (Å²) >= 11 is 9.90. The summed E-state index contributed by atoms with van der Waals surface area (Å²) in [6.07, 6.45) is 1.43. The number of ether oxygens (including phenoxy) is 1. The van der Waals surface area contributed by atoms with Gasteiger partial charge in [-0.15, -0.1) is 0 Å². The van der Waals surface area contributed by atoms with Crippen LogP contribution >= 0.6 is 47.8 Å². The van der Waals surface area contributed by atoms with Gasteiger partial charge in [-0.05, 0) is 50.1 Å². The molecule has 0 saturated heterocycles. The Kier molecular flexibility index (Phi) is 7.27. The first-order valence-corrected chi connectivity index (χ1v) is 9.37. The molecule has 0 aliphatic heterocycles. The highest BCUT2D eigenvalue weighted by atomic mass is 79.9. The van der Waals surface area contributed by atoms with E-state index in [1.807, 2.05) is 18.2 Å². The van der Waals surface area contributed by atoms with Crippen molar-refractivity contribution in [3.63, 3.8) is 0 Å². The Bertz CT molecular complexity index is 813. The van der Waals surface area contributed by atoms with Gasteiger partial charge in [0.25, 0.3) is 5.91 Å². The first-order chi connectivity index (χ1) is 11.9. The molecule has 0 saturated carbocycles. The van der Waals surface area contributed by atoms with Crippen LogP contribution in [0.15, 0.2) is 48.9 Å². The molecule has 2 aromatic rings. The number of nitrogens with zero attached hydrogens (tertiary/aromatic N) is 1. The standard InChI is InChI=1S/C16H14Br3N3O3/c1-25-13-5-3-2-4-12(13)20-8-14(23)22-21-7-9-10(17)6-11(18)16(24)15(9)19/h2-7,20,24H,8H2,1H3,(H,22,23)/b21-7+. The quantitative estimate of drug-likeness (QED) is 0.381. The topological polar surface area (TPSA) is 83.0 Å². The average molecular weight is 536 g/mol. The zero-order valence-corrected chi connectivity index (χ0v) is 17.8. The molecule has 0 aliphatic carbocycles. The monoisotopic (exact) mass is 533 g/mol. The summed E-state index contributed by atoms with van der Waals surface area (Å²) in [5.74, 6) is 0.376. The number of hydrogen-bond donors (Lipinski definition) is 3. The molecule has 0 atom stereocenters. The number of rotatable bonds is 6. The van der Waals surface area contributed by atoms with Crippen molar-refractivity contribution in [2.24, 2.45) is 5.10 Å². The molecule has 0 fully saturated rings. The van der Waals surface area contributed by atoms with Crippen LogP contribution in [0.1, 0.15) is 5.56 Å². The van der Waals surface area contributed by atoms with Crippen molar-refractivity contribution in [2.45, 2.75) is 0 Å². The summed E-state index contributed by atoms with van der Waals surface area (Å²) in [5, 5.41) is 16.8. The van der Waals surface area contributed by atoms with E-state index in [0.717, 1.165) is 0 Å². The lowest BCUT2D eigenvalue weighted by atomic mass is 10.2. The van der Waals surface area contributed by atoms with Crippen LogP contribution in [-0.2, 0) is 4.79 Å². The Morgan fingerprint density at radius 3 is 2.72 bits per heavy atom. The van der Waals surface area contributed by atoms with Crippen molar-refractivity contribution < 1.29 is 14.6 Å². The Balaban J connectivity index is 1.96. The fourth-order valence-corrected chi connectivity index (χ4v) is 4.21. The SMILES string of the molecule is COc1ccccc1NCC(=O)N/N=C/c1c(Br)cc(Br)c(O)c1Br. The van der Waals surface area contributed by atoms with Gasteiger partial charge in [0, 0.05) is 10.0 Å². The number of aromatic hydroxyl groups is 1. The molecule has 9 heteroatoms.